The van der Waals surface area contributed by atoms with Crippen LogP contribution in [0.1, 0.15) is 335 Å². The lowest BCUT2D eigenvalue weighted by Crippen LogP contribution is -2.30. The van der Waals surface area contributed by atoms with E-state index in [0.717, 1.165) is 64.2 Å². The standard InChI is InChI=1S/C62H116O6/c1-4-7-10-13-16-19-22-25-28-30-32-34-37-40-43-46-49-52-55-61(64)67-58-59(57-66-60(63)54-51-48-45-42-39-36-33-27-24-21-18-15-12-9-6-3)68-62(65)56-53-50-47-44-41-38-35-31-29-26-23-20-17-14-11-8-5-2/h26-27,29,33,59H,4-25,28,30-32,34-58H2,1-3H3/b29-26-,33-27-. The van der Waals surface area contributed by atoms with Crippen LogP contribution in [0.25, 0.3) is 0 Å². The molecule has 0 aromatic rings. The second-order valence-corrected chi connectivity index (χ2v) is 20.6. The van der Waals surface area contributed by atoms with Gasteiger partial charge in [0.15, 0.2) is 6.10 Å². The number of carbonyl (C=O) groups excluding carboxylic acids is 3. The van der Waals surface area contributed by atoms with Gasteiger partial charge in [-0.15, -0.1) is 0 Å². The molecule has 400 valence electrons. The van der Waals surface area contributed by atoms with Gasteiger partial charge in [0, 0.05) is 19.3 Å². The maximum atomic E-state index is 12.9. The largest absolute Gasteiger partial charge is 0.462 e. The number of allylic oxidation sites excluding steroid dienone is 4. The third-order valence-electron chi connectivity index (χ3n) is 13.7. The number of hydrogen-bond acceptors (Lipinski definition) is 6. The first-order chi connectivity index (χ1) is 33.5. The maximum Gasteiger partial charge on any atom is 0.306 e. The Morgan fingerprint density at radius 3 is 0.735 bits per heavy atom. The number of hydrogen-bond donors (Lipinski definition) is 0. The Hall–Kier alpha value is -2.11. The van der Waals surface area contributed by atoms with Crippen LogP contribution in [0.2, 0.25) is 0 Å². The minimum absolute atomic E-state index is 0.0709. The second-order valence-electron chi connectivity index (χ2n) is 20.6. The molecule has 0 bridgehead atoms. The second kappa shape index (κ2) is 57.5. The number of unbranched alkanes of at least 4 members (excludes halogenated alkanes) is 41. The van der Waals surface area contributed by atoms with E-state index < -0.39 is 6.10 Å². The van der Waals surface area contributed by atoms with Gasteiger partial charge in [0.25, 0.3) is 0 Å². The molecule has 0 aromatic carbocycles. The van der Waals surface area contributed by atoms with Gasteiger partial charge < -0.3 is 14.2 Å². The molecule has 6 heteroatoms. The average Bonchev–Trinajstić information content (AvgIpc) is 3.34. The number of carbonyl (C=O) groups is 3. The first kappa shape index (κ1) is 65.9. The van der Waals surface area contributed by atoms with Gasteiger partial charge in [-0.1, -0.05) is 270 Å². The molecule has 0 radical (unpaired) electrons. The summed E-state index contributed by atoms with van der Waals surface area (Å²) in [6.45, 7) is 6.68. The predicted molar refractivity (Wildman–Crippen MR) is 293 cm³/mol. The van der Waals surface area contributed by atoms with Crippen molar-refractivity contribution in [3.05, 3.63) is 24.3 Å². The molecule has 1 atom stereocenters. The van der Waals surface area contributed by atoms with Gasteiger partial charge in [-0.2, -0.15) is 0 Å². The van der Waals surface area contributed by atoms with Crippen molar-refractivity contribution in [2.45, 2.75) is 341 Å². The van der Waals surface area contributed by atoms with Gasteiger partial charge in [-0.25, -0.2) is 0 Å². The molecule has 0 aliphatic rings. The summed E-state index contributed by atoms with van der Waals surface area (Å²) < 4.78 is 16.9. The Kier molecular flexibility index (Phi) is 55.7. The van der Waals surface area contributed by atoms with Crippen molar-refractivity contribution in [2.75, 3.05) is 13.2 Å². The molecule has 0 aromatic heterocycles. The molecule has 0 spiro atoms. The molecule has 68 heavy (non-hydrogen) atoms. The van der Waals surface area contributed by atoms with Gasteiger partial charge in [0.1, 0.15) is 13.2 Å². The molecule has 0 rings (SSSR count). The van der Waals surface area contributed by atoms with Crippen molar-refractivity contribution < 1.29 is 28.6 Å². The highest BCUT2D eigenvalue weighted by Crippen LogP contribution is 2.17. The Labute approximate surface area is 423 Å². The lowest BCUT2D eigenvalue weighted by atomic mass is 10.0. The Morgan fingerprint density at radius 2 is 0.485 bits per heavy atom. The average molecular weight is 958 g/mol. The summed E-state index contributed by atoms with van der Waals surface area (Å²) in [5, 5.41) is 0. The highest BCUT2D eigenvalue weighted by Gasteiger charge is 2.19. The fraction of sp³-hybridized carbons (Fsp3) is 0.887. The normalized spacial score (nSPS) is 12.1. The number of rotatable bonds is 56. The van der Waals surface area contributed by atoms with Crippen LogP contribution in [0.3, 0.4) is 0 Å². The Morgan fingerprint density at radius 1 is 0.279 bits per heavy atom. The smallest absolute Gasteiger partial charge is 0.306 e. The molecule has 0 aliphatic heterocycles. The van der Waals surface area contributed by atoms with E-state index >= 15 is 0 Å². The predicted octanol–water partition coefficient (Wildman–Crippen LogP) is 20.3. The summed E-state index contributed by atoms with van der Waals surface area (Å²) >= 11 is 0. The Bertz CT molecular complexity index is 1100. The van der Waals surface area contributed by atoms with Crippen LogP contribution in [0.4, 0.5) is 0 Å². The fourth-order valence-corrected chi connectivity index (χ4v) is 9.08. The highest BCUT2D eigenvalue weighted by molar-refractivity contribution is 5.71. The molecule has 0 saturated heterocycles. The molecule has 0 aliphatic carbocycles. The van der Waals surface area contributed by atoms with E-state index in [0.29, 0.717) is 19.3 Å². The van der Waals surface area contributed by atoms with E-state index in [-0.39, 0.29) is 31.1 Å². The summed E-state index contributed by atoms with van der Waals surface area (Å²) in [6, 6.07) is 0. The molecule has 0 amide bonds. The van der Waals surface area contributed by atoms with Crippen LogP contribution < -0.4 is 0 Å². The maximum absolute atomic E-state index is 12.9. The molecule has 6 nitrogen and oxygen atoms in total. The third-order valence-corrected chi connectivity index (χ3v) is 13.7. The zero-order chi connectivity index (χ0) is 49.3. The molecule has 0 saturated carbocycles. The van der Waals surface area contributed by atoms with Gasteiger partial charge >= 0.3 is 17.9 Å². The van der Waals surface area contributed by atoms with E-state index in [9.17, 15) is 14.4 Å². The summed E-state index contributed by atoms with van der Waals surface area (Å²) in [5.41, 5.74) is 0. The van der Waals surface area contributed by atoms with Crippen LogP contribution in [-0.2, 0) is 28.6 Å². The van der Waals surface area contributed by atoms with Crippen LogP contribution >= 0.6 is 0 Å². The van der Waals surface area contributed by atoms with Crippen molar-refractivity contribution in [1.82, 2.24) is 0 Å². The minimum atomic E-state index is -0.773. The molecule has 0 N–H and O–H groups in total. The highest BCUT2D eigenvalue weighted by atomic mass is 16.6. The number of esters is 3. The van der Waals surface area contributed by atoms with Gasteiger partial charge in [0.05, 0.1) is 0 Å². The van der Waals surface area contributed by atoms with Crippen LogP contribution in [0.5, 0.6) is 0 Å². The van der Waals surface area contributed by atoms with E-state index in [1.807, 2.05) is 0 Å². The minimum Gasteiger partial charge on any atom is -0.462 e. The van der Waals surface area contributed by atoms with Crippen molar-refractivity contribution in [3.63, 3.8) is 0 Å². The van der Waals surface area contributed by atoms with Gasteiger partial charge in [-0.05, 0) is 70.6 Å². The van der Waals surface area contributed by atoms with Crippen LogP contribution in [0, 0.1) is 0 Å². The SMILES string of the molecule is CCCCCCCC/C=C\CCCCCCCCCC(=O)OC(COC(=O)CCCCCCC/C=C\CCCCCCCC)COC(=O)CCCCCCCCCCCCCCCCCCCC. The van der Waals surface area contributed by atoms with Crippen molar-refractivity contribution in [2.24, 2.45) is 0 Å². The molecular formula is C62H116O6. The van der Waals surface area contributed by atoms with Crippen molar-refractivity contribution >= 4 is 17.9 Å². The lowest BCUT2D eigenvalue weighted by Gasteiger charge is -2.18. The van der Waals surface area contributed by atoms with Crippen molar-refractivity contribution in [3.8, 4) is 0 Å². The molecule has 0 fully saturated rings. The van der Waals surface area contributed by atoms with Gasteiger partial charge in [-0.3, -0.25) is 14.4 Å². The topological polar surface area (TPSA) is 78.9 Å². The summed E-state index contributed by atoms with van der Waals surface area (Å²) in [5.74, 6) is -0.861. The Balaban J connectivity index is 4.33. The first-order valence-electron chi connectivity index (χ1n) is 30.3. The van der Waals surface area contributed by atoms with Crippen LogP contribution in [0.15, 0.2) is 24.3 Å². The van der Waals surface area contributed by atoms with Crippen LogP contribution in [-0.4, -0.2) is 37.2 Å². The van der Waals surface area contributed by atoms with Gasteiger partial charge in [0.2, 0.25) is 0 Å². The van der Waals surface area contributed by atoms with E-state index in [1.54, 1.807) is 0 Å². The monoisotopic (exact) mass is 957 g/mol. The number of ether oxygens (including phenoxy) is 3. The van der Waals surface area contributed by atoms with E-state index in [4.69, 9.17) is 14.2 Å². The van der Waals surface area contributed by atoms with Crippen molar-refractivity contribution in [1.29, 1.82) is 0 Å². The molecule has 1 unspecified atom stereocenters. The first-order valence-corrected chi connectivity index (χ1v) is 30.3. The zero-order valence-corrected chi connectivity index (χ0v) is 45.9. The summed E-state index contributed by atoms with van der Waals surface area (Å²) in [4.78, 5) is 38.2. The lowest BCUT2D eigenvalue weighted by molar-refractivity contribution is -0.167. The third kappa shape index (κ3) is 54.8. The quantitative estimate of drug-likeness (QED) is 0.0262. The van der Waals surface area contributed by atoms with E-state index in [1.165, 1.54) is 231 Å². The molecule has 0 heterocycles. The zero-order valence-electron chi connectivity index (χ0n) is 45.9. The summed E-state index contributed by atoms with van der Waals surface area (Å²) in [6.07, 6.45) is 67.4. The fourth-order valence-electron chi connectivity index (χ4n) is 9.08. The molecular weight excluding hydrogens is 841 g/mol. The summed E-state index contributed by atoms with van der Waals surface area (Å²) in [7, 11) is 0. The van der Waals surface area contributed by atoms with E-state index in [2.05, 4.69) is 45.1 Å².